The average molecular weight is 574 g/mol. The van der Waals surface area contributed by atoms with Crippen LogP contribution in [0.4, 0.5) is 0 Å². The van der Waals surface area contributed by atoms with Gasteiger partial charge in [0.15, 0.2) is 11.5 Å². The van der Waals surface area contributed by atoms with E-state index in [1.54, 1.807) is 7.11 Å². The molecule has 3 atom stereocenters. The first-order valence-corrected chi connectivity index (χ1v) is 16.0. The fourth-order valence-corrected chi connectivity index (χ4v) is 6.58. The van der Waals surface area contributed by atoms with Gasteiger partial charge in [-0.25, -0.2) is 0 Å². The van der Waals surface area contributed by atoms with Gasteiger partial charge in [-0.3, -0.25) is 4.90 Å². The number of ether oxygens (including phenoxy) is 3. The number of hydrogen-bond donors (Lipinski definition) is 1. The number of para-hydroxylation sites is 2. The maximum Gasteiger partial charge on any atom is 0.161 e. The van der Waals surface area contributed by atoms with Gasteiger partial charge in [0.05, 0.1) is 26.9 Å². The van der Waals surface area contributed by atoms with E-state index >= 15 is 0 Å². The van der Waals surface area contributed by atoms with Gasteiger partial charge < -0.3 is 29.6 Å². The average Bonchev–Trinajstić information content (AvgIpc) is 3.59. The molecule has 0 radical (unpaired) electrons. The van der Waals surface area contributed by atoms with Gasteiger partial charge in [0.25, 0.3) is 0 Å². The van der Waals surface area contributed by atoms with Crippen LogP contribution in [0.1, 0.15) is 57.7 Å². The molecule has 3 unspecified atom stereocenters. The Morgan fingerprint density at radius 1 is 1.15 bits per heavy atom. The lowest BCUT2D eigenvalue weighted by molar-refractivity contribution is -0.109. The Kier molecular flexibility index (Phi) is 18.9. The van der Waals surface area contributed by atoms with E-state index in [0.29, 0.717) is 18.8 Å². The van der Waals surface area contributed by atoms with E-state index in [0.717, 1.165) is 69.0 Å². The van der Waals surface area contributed by atoms with Crippen LogP contribution in [0.3, 0.4) is 0 Å². The third kappa shape index (κ3) is 12.8. The molecule has 1 aliphatic heterocycles. The number of benzene rings is 1. The minimum absolute atomic E-state index is 0.260. The summed E-state index contributed by atoms with van der Waals surface area (Å²) in [4.78, 5) is 15.8. The van der Waals surface area contributed by atoms with Crippen LogP contribution in [0.15, 0.2) is 35.9 Å². The fraction of sp³-hybridized carbons (Fsp3) is 0.594. The van der Waals surface area contributed by atoms with E-state index in [4.69, 9.17) is 19.9 Å². The van der Waals surface area contributed by atoms with Crippen molar-refractivity contribution in [2.24, 2.45) is 5.73 Å². The maximum atomic E-state index is 11.2. The van der Waals surface area contributed by atoms with Gasteiger partial charge in [0.2, 0.25) is 0 Å². The maximum absolute atomic E-state index is 11.2. The first-order valence-electron chi connectivity index (χ1n) is 14.4. The first-order chi connectivity index (χ1) is 19.4. The van der Waals surface area contributed by atoms with E-state index in [9.17, 15) is 4.79 Å². The molecule has 8 heteroatoms. The monoisotopic (exact) mass is 573 g/mol. The van der Waals surface area contributed by atoms with Gasteiger partial charge >= 0.3 is 0 Å². The Morgan fingerprint density at radius 3 is 2.48 bits per heavy atom. The third-order valence-electron chi connectivity index (χ3n) is 6.96. The van der Waals surface area contributed by atoms with E-state index < -0.39 is 0 Å². The van der Waals surface area contributed by atoms with E-state index in [2.05, 4.69) is 62.1 Å². The largest absolute Gasteiger partial charge is 0.493 e. The van der Waals surface area contributed by atoms with Gasteiger partial charge in [-0.2, -0.15) is 0 Å². The van der Waals surface area contributed by atoms with Crippen LogP contribution in [-0.2, 0) is 11.2 Å². The summed E-state index contributed by atoms with van der Waals surface area (Å²) in [6.45, 7) is 12.6. The predicted octanol–water partition coefficient (Wildman–Crippen LogP) is 5.85. The van der Waals surface area contributed by atoms with E-state index in [1.165, 1.54) is 24.9 Å². The molecule has 1 aromatic carbocycles. The number of nitrogens with zero attached hydrogens (tertiary/aromatic N) is 2. The van der Waals surface area contributed by atoms with Gasteiger partial charge in [0.1, 0.15) is 12.0 Å². The Morgan fingerprint density at radius 2 is 1.85 bits per heavy atom. The highest BCUT2D eigenvalue weighted by molar-refractivity contribution is 7.49. The molecule has 0 aliphatic carbocycles. The third-order valence-corrected chi connectivity index (χ3v) is 9.28. The number of fused-ring (bicyclic) bond motifs is 1. The summed E-state index contributed by atoms with van der Waals surface area (Å²) in [6.07, 6.45) is 14.6. The molecular weight excluding hydrogens is 521 g/mol. The predicted molar refractivity (Wildman–Crippen MR) is 169 cm³/mol. The molecule has 0 saturated heterocycles. The molecule has 0 bridgehead atoms. The van der Waals surface area contributed by atoms with Gasteiger partial charge in [-0.05, 0) is 70.8 Å². The molecule has 2 aromatic rings. The quantitative estimate of drug-likeness (QED) is 0.188. The summed E-state index contributed by atoms with van der Waals surface area (Å²) in [7, 11) is 3.49. The Labute approximate surface area is 244 Å². The standard InChI is InChI=1S/C22H30NO4P.C8H20N2.C2H2/c1-17(8-12-26-21-7-5-4-6-20(21)25-3)23(10-11-24)14-18(2)28-15-19-9-13-27-22(19)16-28;1-3-4-7-10(2)8-5-6-9;1-2/h4-7,11,15-18H,8-10,12-14H2,1-3H3;3-9H2,1-2H3;1-2H. The highest BCUT2D eigenvalue weighted by atomic mass is 31.1. The number of unbranched alkanes of at least 4 members (excludes halogenated alkanes) is 1. The molecule has 2 N–H and O–H groups in total. The second-order valence-corrected chi connectivity index (χ2v) is 12.4. The lowest BCUT2D eigenvalue weighted by Gasteiger charge is -2.30. The van der Waals surface area contributed by atoms with Crippen LogP contribution in [0, 0.1) is 12.8 Å². The lowest BCUT2D eigenvalue weighted by atomic mass is 10.2. The van der Waals surface area contributed by atoms with Crippen molar-refractivity contribution < 1.29 is 19.0 Å². The van der Waals surface area contributed by atoms with Crippen molar-refractivity contribution >= 4 is 13.8 Å². The molecule has 224 valence electrons. The topological polar surface area (TPSA) is 77.3 Å². The van der Waals surface area contributed by atoms with Crippen molar-refractivity contribution in [2.45, 2.75) is 64.6 Å². The zero-order valence-electron chi connectivity index (χ0n) is 25.4. The highest BCUT2D eigenvalue weighted by Crippen LogP contribution is 2.48. The molecular formula is C32H52N3O4P. The SMILES string of the molecule is C#C.CCCCN(C)CCCN.COc1ccccc1OCCC(C)N(CC=O)CC(C)p1cc2c(c1)OCC2. The molecule has 3 rings (SSSR count). The van der Waals surface area contributed by atoms with Crippen LogP contribution in [0.5, 0.6) is 17.2 Å². The fourth-order valence-electron chi connectivity index (χ4n) is 4.47. The normalized spacial score (nSPS) is 13.7. The van der Waals surface area contributed by atoms with Crippen molar-refractivity contribution in [1.82, 2.24) is 9.80 Å². The van der Waals surface area contributed by atoms with E-state index in [1.807, 2.05) is 24.3 Å². The molecule has 0 spiro atoms. The molecule has 1 aromatic heterocycles. The van der Waals surface area contributed by atoms with Crippen molar-refractivity contribution in [2.75, 3.05) is 60.1 Å². The van der Waals surface area contributed by atoms with Crippen LogP contribution in [0.2, 0.25) is 0 Å². The van der Waals surface area contributed by atoms with Crippen molar-refractivity contribution in [3.63, 3.8) is 0 Å². The van der Waals surface area contributed by atoms with Crippen LogP contribution in [-0.4, -0.2) is 82.2 Å². The zero-order chi connectivity index (χ0) is 29.8. The molecule has 2 heterocycles. The second-order valence-electron chi connectivity index (χ2n) is 10.1. The molecule has 7 nitrogen and oxygen atoms in total. The number of rotatable bonds is 17. The van der Waals surface area contributed by atoms with Crippen molar-refractivity contribution in [3.8, 4) is 30.1 Å². The molecule has 0 saturated carbocycles. The Hall–Kier alpha value is -2.49. The number of carbonyl (C=O) groups is 1. The summed E-state index contributed by atoms with van der Waals surface area (Å²) < 4.78 is 16.9. The number of hydrogen-bond acceptors (Lipinski definition) is 7. The minimum atomic E-state index is -0.318. The number of carbonyl (C=O) groups excluding carboxylic acids is 1. The molecule has 0 fully saturated rings. The zero-order valence-corrected chi connectivity index (χ0v) is 26.3. The Balaban J connectivity index is 0.000000565. The van der Waals surface area contributed by atoms with E-state index in [-0.39, 0.29) is 13.6 Å². The summed E-state index contributed by atoms with van der Waals surface area (Å²) in [5.41, 5.74) is 7.24. The number of nitrogens with two attached hydrogens (primary N) is 1. The molecule has 40 heavy (non-hydrogen) atoms. The summed E-state index contributed by atoms with van der Waals surface area (Å²) in [5, 5.41) is 0. The molecule has 1 aliphatic rings. The summed E-state index contributed by atoms with van der Waals surface area (Å²) in [6, 6.07) is 7.93. The smallest absolute Gasteiger partial charge is 0.161 e. The summed E-state index contributed by atoms with van der Waals surface area (Å²) >= 11 is 0. The van der Waals surface area contributed by atoms with Crippen LogP contribution < -0.4 is 19.9 Å². The second kappa shape index (κ2) is 21.3. The molecule has 0 amide bonds. The van der Waals surface area contributed by atoms with Gasteiger partial charge in [-0.1, -0.05) is 32.4 Å². The van der Waals surface area contributed by atoms with Crippen molar-refractivity contribution in [3.05, 3.63) is 41.4 Å². The van der Waals surface area contributed by atoms with Crippen LogP contribution in [0.25, 0.3) is 0 Å². The highest BCUT2D eigenvalue weighted by Gasteiger charge is 2.21. The number of methoxy groups -OCH3 is 1. The lowest BCUT2D eigenvalue weighted by Crippen LogP contribution is -2.37. The van der Waals surface area contributed by atoms with Gasteiger partial charge in [-0.15, -0.1) is 20.4 Å². The van der Waals surface area contributed by atoms with Crippen LogP contribution >= 0.6 is 7.53 Å². The Bertz CT molecular complexity index is 935. The van der Waals surface area contributed by atoms with Crippen molar-refractivity contribution in [1.29, 1.82) is 0 Å². The first kappa shape index (κ1) is 35.5. The minimum Gasteiger partial charge on any atom is -0.493 e. The van der Waals surface area contributed by atoms with Gasteiger partial charge in [0, 0.05) is 36.0 Å². The summed E-state index contributed by atoms with van der Waals surface area (Å²) in [5.74, 6) is 7.30. The number of aldehydes is 1. The number of terminal acetylenes is 1.